The lowest BCUT2D eigenvalue weighted by Gasteiger charge is -2.14. The van der Waals surface area contributed by atoms with E-state index >= 15 is 0 Å². The van der Waals surface area contributed by atoms with E-state index in [-0.39, 0.29) is 24.2 Å². The number of nitrogens with two attached hydrogens (primary N) is 1. The molecule has 4 rings (SSSR count). The molecular formula is C33H37N7O4. The number of hydrogen-bond acceptors (Lipinski definition) is 9. The summed E-state index contributed by atoms with van der Waals surface area (Å²) in [6.45, 7) is 4.54. The molecule has 0 saturated carbocycles. The van der Waals surface area contributed by atoms with Gasteiger partial charge in [-0.25, -0.2) is 9.97 Å². The minimum Gasteiger partial charge on any atom is -0.497 e. The van der Waals surface area contributed by atoms with E-state index in [0.29, 0.717) is 30.0 Å². The molecule has 0 aliphatic carbocycles. The van der Waals surface area contributed by atoms with Crippen LogP contribution in [0.1, 0.15) is 26.0 Å². The predicted molar refractivity (Wildman–Crippen MR) is 170 cm³/mol. The van der Waals surface area contributed by atoms with Crippen LogP contribution in [0.2, 0.25) is 0 Å². The summed E-state index contributed by atoms with van der Waals surface area (Å²) in [5.74, 6) is 0.0672. The zero-order chi connectivity index (χ0) is 31.8. The van der Waals surface area contributed by atoms with E-state index in [4.69, 9.17) is 20.2 Å². The van der Waals surface area contributed by atoms with E-state index in [1.54, 1.807) is 48.3 Å². The summed E-state index contributed by atoms with van der Waals surface area (Å²) in [5, 5.41) is 13.1. The second kappa shape index (κ2) is 14.4. The standard InChI is InChI=1S/C33H37N7O4/c1-21(2)11-30(35)33(42)44-20-40-19-29(22-8-9-36-26(12-22)17-34)28-15-24(18-37-32(28)40)23-13-25(16-27(14-23)43-5)38-31(41)7-6-10-39(3)4/h6-9,12-16,18-19,21,30H,10-11,20,35H2,1-5H3,(H,38,41)/b7-6+/t30-/m0/s1. The van der Waals surface area contributed by atoms with Crippen LogP contribution in [-0.4, -0.2) is 65.1 Å². The SMILES string of the molecule is COc1cc(NC(=O)/C=C/CN(C)C)cc(-c2cnc3c(c2)c(-c2ccnc(C#N)c2)cn3COC(=O)[C@@H](N)CC(C)C)c1. The summed E-state index contributed by atoms with van der Waals surface area (Å²) < 4.78 is 12.8. The fraction of sp³-hybridized carbons (Fsp3) is 0.303. The summed E-state index contributed by atoms with van der Waals surface area (Å²) >= 11 is 0. The Hall–Kier alpha value is -5.05. The number of carbonyl (C=O) groups is 2. The number of nitrogens with one attached hydrogen (secondary N) is 1. The van der Waals surface area contributed by atoms with Crippen molar-refractivity contribution in [2.24, 2.45) is 11.7 Å². The number of esters is 1. The van der Waals surface area contributed by atoms with Crippen molar-refractivity contribution in [3.63, 3.8) is 0 Å². The number of carbonyl (C=O) groups excluding carboxylic acids is 2. The number of rotatable bonds is 12. The predicted octanol–water partition coefficient (Wildman–Crippen LogP) is 4.58. The summed E-state index contributed by atoms with van der Waals surface area (Å²) in [6, 6.07) is 12.3. The van der Waals surface area contributed by atoms with E-state index in [1.807, 2.05) is 57.2 Å². The van der Waals surface area contributed by atoms with Gasteiger partial charge in [0.05, 0.1) is 7.11 Å². The second-order valence-electron chi connectivity index (χ2n) is 11.1. The quantitative estimate of drug-likeness (QED) is 0.177. The highest BCUT2D eigenvalue weighted by Gasteiger charge is 2.19. The van der Waals surface area contributed by atoms with Crippen molar-refractivity contribution in [1.29, 1.82) is 5.26 Å². The zero-order valence-corrected chi connectivity index (χ0v) is 25.6. The first kappa shape index (κ1) is 31.9. The Bertz CT molecular complexity index is 1720. The Morgan fingerprint density at radius 2 is 1.93 bits per heavy atom. The maximum absolute atomic E-state index is 12.6. The maximum Gasteiger partial charge on any atom is 0.324 e. The molecule has 4 aromatic rings. The van der Waals surface area contributed by atoms with Crippen molar-refractivity contribution in [2.45, 2.75) is 33.0 Å². The average molecular weight is 596 g/mol. The van der Waals surface area contributed by atoms with E-state index in [1.165, 1.54) is 6.08 Å². The molecule has 1 aromatic carbocycles. The third kappa shape index (κ3) is 8.06. The first-order valence-corrected chi connectivity index (χ1v) is 14.2. The highest BCUT2D eigenvalue weighted by molar-refractivity contribution is 6.00. The largest absolute Gasteiger partial charge is 0.497 e. The molecule has 0 aliphatic heterocycles. The minimum absolute atomic E-state index is 0.0830. The molecule has 11 nitrogen and oxygen atoms in total. The van der Waals surface area contributed by atoms with Crippen molar-refractivity contribution in [2.75, 3.05) is 33.1 Å². The molecule has 3 heterocycles. The number of aromatic nitrogens is 3. The maximum atomic E-state index is 12.6. The summed E-state index contributed by atoms with van der Waals surface area (Å²) in [6.07, 6.45) is 8.90. The second-order valence-corrected chi connectivity index (χ2v) is 11.1. The molecule has 0 unspecified atom stereocenters. The third-order valence-electron chi connectivity index (χ3n) is 6.76. The normalized spacial score (nSPS) is 12.1. The van der Waals surface area contributed by atoms with Gasteiger partial charge in [-0.05, 0) is 67.9 Å². The van der Waals surface area contributed by atoms with E-state index in [9.17, 15) is 14.9 Å². The Kier molecular flexibility index (Phi) is 10.4. The molecule has 3 N–H and O–H groups in total. The molecular weight excluding hydrogens is 558 g/mol. The summed E-state index contributed by atoms with van der Waals surface area (Å²) in [7, 11) is 5.41. The van der Waals surface area contributed by atoms with Crippen LogP contribution in [0, 0.1) is 17.2 Å². The first-order valence-electron chi connectivity index (χ1n) is 14.2. The molecule has 0 bridgehead atoms. The molecule has 0 radical (unpaired) electrons. The fourth-order valence-corrected chi connectivity index (χ4v) is 4.67. The zero-order valence-electron chi connectivity index (χ0n) is 25.6. The van der Waals surface area contributed by atoms with Crippen LogP contribution in [0.25, 0.3) is 33.3 Å². The molecule has 1 amide bonds. The molecule has 0 aliphatic rings. The van der Waals surface area contributed by atoms with E-state index in [2.05, 4.69) is 16.4 Å². The molecule has 3 aromatic heterocycles. The smallest absolute Gasteiger partial charge is 0.324 e. The molecule has 1 atom stereocenters. The number of nitriles is 1. The molecule has 44 heavy (non-hydrogen) atoms. The van der Waals surface area contributed by atoms with Crippen LogP contribution in [0.15, 0.2) is 67.1 Å². The van der Waals surface area contributed by atoms with Crippen LogP contribution in [-0.2, 0) is 21.1 Å². The van der Waals surface area contributed by atoms with Gasteiger partial charge in [0.25, 0.3) is 0 Å². The number of pyridine rings is 2. The fourth-order valence-electron chi connectivity index (χ4n) is 4.67. The number of amides is 1. The number of ether oxygens (including phenoxy) is 2. The summed E-state index contributed by atoms with van der Waals surface area (Å²) in [4.78, 5) is 35.9. The Labute approximate surface area is 256 Å². The Balaban J connectivity index is 1.73. The highest BCUT2D eigenvalue weighted by atomic mass is 16.5. The third-order valence-corrected chi connectivity index (χ3v) is 6.76. The number of anilines is 1. The van der Waals surface area contributed by atoms with Gasteiger partial charge in [-0.1, -0.05) is 19.9 Å². The van der Waals surface area contributed by atoms with Crippen LogP contribution in [0.4, 0.5) is 5.69 Å². The van der Waals surface area contributed by atoms with Gasteiger partial charge in [0.1, 0.15) is 29.2 Å². The van der Waals surface area contributed by atoms with Crippen LogP contribution in [0.5, 0.6) is 5.75 Å². The lowest BCUT2D eigenvalue weighted by atomic mass is 10.0. The molecule has 228 valence electrons. The van der Waals surface area contributed by atoms with E-state index < -0.39 is 12.0 Å². The summed E-state index contributed by atoms with van der Waals surface area (Å²) in [5.41, 5.74) is 10.5. The number of benzene rings is 1. The van der Waals surface area contributed by atoms with Gasteiger partial charge < -0.3 is 25.4 Å². The van der Waals surface area contributed by atoms with Gasteiger partial charge in [-0.15, -0.1) is 0 Å². The molecule has 0 spiro atoms. The number of nitrogens with zero attached hydrogens (tertiary/aromatic N) is 5. The van der Waals surface area contributed by atoms with E-state index in [0.717, 1.165) is 27.6 Å². The van der Waals surface area contributed by atoms with Gasteiger partial charge in [0.15, 0.2) is 6.73 Å². The Morgan fingerprint density at radius 3 is 2.64 bits per heavy atom. The van der Waals surface area contributed by atoms with Crippen molar-refractivity contribution in [1.82, 2.24) is 19.4 Å². The topological polar surface area (TPSA) is 148 Å². The van der Waals surface area contributed by atoms with Crippen molar-refractivity contribution in [3.8, 4) is 34.1 Å². The number of likely N-dealkylation sites (N-methyl/N-ethyl adjacent to an activating group) is 1. The van der Waals surface area contributed by atoms with Crippen molar-refractivity contribution >= 4 is 28.6 Å². The van der Waals surface area contributed by atoms with Crippen LogP contribution in [0.3, 0.4) is 0 Å². The highest BCUT2D eigenvalue weighted by Crippen LogP contribution is 2.35. The monoisotopic (exact) mass is 595 g/mol. The Morgan fingerprint density at radius 1 is 1.14 bits per heavy atom. The lowest BCUT2D eigenvalue weighted by molar-refractivity contribution is -0.149. The van der Waals surface area contributed by atoms with Crippen molar-refractivity contribution in [3.05, 3.63) is 72.8 Å². The first-order chi connectivity index (χ1) is 21.1. The van der Waals surface area contributed by atoms with Crippen LogP contribution >= 0.6 is 0 Å². The number of fused-ring (bicyclic) bond motifs is 1. The van der Waals surface area contributed by atoms with Crippen molar-refractivity contribution < 1.29 is 19.1 Å². The van der Waals surface area contributed by atoms with Gasteiger partial charge in [0, 0.05) is 59.5 Å². The van der Waals surface area contributed by atoms with Gasteiger partial charge in [0.2, 0.25) is 5.91 Å². The molecule has 0 fully saturated rings. The van der Waals surface area contributed by atoms with Gasteiger partial charge in [-0.2, -0.15) is 5.26 Å². The minimum atomic E-state index is -0.722. The lowest BCUT2D eigenvalue weighted by Crippen LogP contribution is -2.33. The van der Waals surface area contributed by atoms with Gasteiger partial charge >= 0.3 is 5.97 Å². The van der Waals surface area contributed by atoms with Gasteiger partial charge in [-0.3, -0.25) is 14.2 Å². The average Bonchev–Trinajstić information content (AvgIpc) is 3.37. The van der Waals surface area contributed by atoms with Crippen LogP contribution < -0.4 is 15.8 Å². The molecule has 0 saturated heterocycles. The number of hydrogen-bond donors (Lipinski definition) is 2. The molecule has 11 heteroatoms. The number of methoxy groups -OCH3 is 1.